The first-order chi connectivity index (χ1) is 10.7. The molecular weight excluding hydrogens is 351 g/mol. The van der Waals surface area contributed by atoms with Crippen molar-refractivity contribution in [1.29, 1.82) is 0 Å². The van der Waals surface area contributed by atoms with Gasteiger partial charge in [-0.05, 0) is 32.0 Å². The molecule has 1 saturated heterocycles. The molecule has 0 unspecified atom stereocenters. The van der Waals surface area contributed by atoms with Crippen LogP contribution in [-0.4, -0.2) is 47.2 Å². The van der Waals surface area contributed by atoms with Crippen LogP contribution in [0, 0.1) is 0 Å². The van der Waals surface area contributed by atoms with E-state index in [1.165, 1.54) is 0 Å². The maximum absolute atomic E-state index is 12.2. The largest absolute Gasteiger partial charge is 0.495 e. The van der Waals surface area contributed by atoms with Crippen LogP contribution < -0.4 is 16.0 Å². The second kappa shape index (κ2) is 9.22. The molecule has 0 radical (unpaired) electrons. The highest BCUT2D eigenvalue weighted by Crippen LogP contribution is 2.17. The summed E-state index contributed by atoms with van der Waals surface area (Å²) in [7, 11) is 1.60. The van der Waals surface area contributed by atoms with Crippen LogP contribution in [0.15, 0.2) is 29.2 Å². The lowest BCUT2D eigenvalue weighted by atomic mass is 10.1. The van der Waals surface area contributed by atoms with Crippen LogP contribution in [0.25, 0.3) is 11.0 Å². The zero-order valence-corrected chi connectivity index (χ0v) is 15.3. The zero-order valence-electron chi connectivity index (χ0n) is 13.7. The summed E-state index contributed by atoms with van der Waals surface area (Å²) < 4.78 is 7.00. The van der Waals surface area contributed by atoms with Gasteiger partial charge in [0, 0.05) is 31.3 Å². The number of halogens is 2. The fraction of sp³-hybridized carbons (Fsp3) is 0.500. The lowest BCUT2D eigenvalue weighted by molar-refractivity contribution is 0.206. The van der Waals surface area contributed by atoms with Crippen molar-refractivity contribution >= 4 is 35.8 Å². The standard InChI is InChI=1S/C16H22N4O2.2ClH/c1-22-13-10-15-14(18-11-13)2-3-16(21)20(15)9-8-19-6-4-12(17)5-7-19;;/h2-3,10-12H,4-9,17H2,1H3;2*1H. The third kappa shape index (κ3) is 4.60. The molecule has 6 nitrogen and oxygen atoms in total. The summed E-state index contributed by atoms with van der Waals surface area (Å²) in [6.07, 6.45) is 3.73. The second-order valence-corrected chi connectivity index (χ2v) is 5.78. The number of piperidine rings is 1. The fourth-order valence-electron chi connectivity index (χ4n) is 2.91. The van der Waals surface area contributed by atoms with Crippen molar-refractivity contribution in [3.05, 3.63) is 34.7 Å². The molecule has 0 aromatic carbocycles. The third-order valence-electron chi connectivity index (χ3n) is 4.32. The first kappa shape index (κ1) is 20.7. The molecule has 2 aromatic rings. The van der Waals surface area contributed by atoms with Gasteiger partial charge in [-0.3, -0.25) is 9.78 Å². The number of hydrogen-bond donors (Lipinski definition) is 1. The Labute approximate surface area is 153 Å². The van der Waals surface area contributed by atoms with Crippen molar-refractivity contribution < 1.29 is 4.74 Å². The van der Waals surface area contributed by atoms with Gasteiger partial charge >= 0.3 is 0 Å². The molecule has 8 heteroatoms. The minimum atomic E-state index is -0.00346. The van der Waals surface area contributed by atoms with Crippen LogP contribution in [0.5, 0.6) is 5.75 Å². The van der Waals surface area contributed by atoms with Crippen LogP contribution in [0.1, 0.15) is 12.8 Å². The highest BCUT2D eigenvalue weighted by molar-refractivity contribution is 5.85. The highest BCUT2D eigenvalue weighted by atomic mass is 35.5. The van der Waals surface area contributed by atoms with Gasteiger partial charge in [0.25, 0.3) is 5.56 Å². The zero-order chi connectivity index (χ0) is 15.5. The normalized spacial score (nSPS) is 15.6. The molecule has 1 fully saturated rings. The minimum Gasteiger partial charge on any atom is -0.495 e. The highest BCUT2D eigenvalue weighted by Gasteiger charge is 2.16. The lowest BCUT2D eigenvalue weighted by Crippen LogP contribution is -2.41. The Balaban J connectivity index is 0.00000144. The monoisotopic (exact) mass is 374 g/mol. The van der Waals surface area contributed by atoms with Crippen LogP contribution in [-0.2, 0) is 6.54 Å². The first-order valence-electron chi connectivity index (χ1n) is 7.69. The number of fused-ring (bicyclic) bond motifs is 1. The SMILES string of the molecule is COc1cnc2ccc(=O)n(CCN3CCC(N)CC3)c2c1.Cl.Cl. The number of methoxy groups -OCH3 is 1. The van der Waals surface area contributed by atoms with Crippen molar-refractivity contribution in [2.45, 2.75) is 25.4 Å². The van der Waals surface area contributed by atoms with Crippen molar-refractivity contribution in [3.63, 3.8) is 0 Å². The van der Waals surface area contributed by atoms with E-state index in [-0.39, 0.29) is 30.4 Å². The number of nitrogens with zero attached hydrogens (tertiary/aromatic N) is 3. The Morgan fingerprint density at radius 3 is 2.62 bits per heavy atom. The van der Waals surface area contributed by atoms with Crippen LogP contribution in [0.2, 0.25) is 0 Å². The molecule has 1 aliphatic rings. The van der Waals surface area contributed by atoms with Gasteiger partial charge in [0.15, 0.2) is 0 Å². The summed E-state index contributed by atoms with van der Waals surface area (Å²) in [6.45, 7) is 3.51. The van der Waals surface area contributed by atoms with E-state index in [1.54, 1.807) is 30.0 Å². The Kier molecular flexibility index (Phi) is 7.96. The average molecular weight is 375 g/mol. The van der Waals surface area contributed by atoms with E-state index in [9.17, 15) is 4.79 Å². The van der Waals surface area contributed by atoms with Gasteiger partial charge in [0.05, 0.1) is 24.3 Å². The Bertz CT molecular complexity index is 715. The van der Waals surface area contributed by atoms with Gasteiger partial charge in [-0.2, -0.15) is 0 Å². The lowest BCUT2D eigenvalue weighted by Gasteiger charge is -2.30. The molecule has 3 heterocycles. The van der Waals surface area contributed by atoms with Crippen LogP contribution in [0.3, 0.4) is 0 Å². The quantitative estimate of drug-likeness (QED) is 0.880. The maximum atomic E-state index is 12.2. The van der Waals surface area contributed by atoms with Gasteiger partial charge in [-0.1, -0.05) is 0 Å². The van der Waals surface area contributed by atoms with Gasteiger partial charge in [0.1, 0.15) is 5.75 Å². The van der Waals surface area contributed by atoms with Crippen molar-refractivity contribution in [2.75, 3.05) is 26.7 Å². The number of aromatic nitrogens is 2. The van der Waals surface area contributed by atoms with Gasteiger partial charge < -0.3 is 19.9 Å². The van der Waals surface area contributed by atoms with E-state index >= 15 is 0 Å². The molecule has 0 saturated carbocycles. The Morgan fingerprint density at radius 2 is 1.96 bits per heavy atom. The molecule has 0 atom stereocenters. The van der Waals surface area contributed by atoms with Gasteiger partial charge in [0.2, 0.25) is 0 Å². The summed E-state index contributed by atoms with van der Waals surface area (Å²) in [6, 6.07) is 5.53. The van der Waals surface area contributed by atoms with E-state index < -0.39 is 0 Å². The van der Waals surface area contributed by atoms with Crippen LogP contribution in [0.4, 0.5) is 0 Å². The topological polar surface area (TPSA) is 73.4 Å². The molecule has 134 valence electrons. The van der Waals surface area contributed by atoms with Crippen LogP contribution >= 0.6 is 24.8 Å². The summed E-state index contributed by atoms with van der Waals surface area (Å²) >= 11 is 0. The minimum absolute atomic E-state index is 0. The van der Waals surface area contributed by atoms with Gasteiger partial charge in [-0.25, -0.2) is 0 Å². The first-order valence-corrected chi connectivity index (χ1v) is 7.69. The number of pyridine rings is 2. The summed E-state index contributed by atoms with van der Waals surface area (Å²) in [5.41, 5.74) is 7.55. The smallest absolute Gasteiger partial charge is 0.251 e. The molecule has 24 heavy (non-hydrogen) atoms. The number of rotatable bonds is 4. The molecule has 1 aliphatic heterocycles. The Morgan fingerprint density at radius 1 is 1.25 bits per heavy atom. The number of ether oxygens (including phenoxy) is 1. The second-order valence-electron chi connectivity index (χ2n) is 5.78. The van der Waals surface area contributed by atoms with E-state index in [2.05, 4.69) is 9.88 Å². The maximum Gasteiger partial charge on any atom is 0.251 e. The molecule has 0 spiro atoms. The number of hydrogen-bond acceptors (Lipinski definition) is 5. The average Bonchev–Trinajstić information content (AvgIpc) is 2.55. The summed E-state index contributed by atoms with van der Waals surface area (Å²) in [5, 5.41) is 0. The molecule has 0 amide bonds. The number of likely N-dealkylation sites (tertiary alicyclic amines) is 1. The van der Waals surface area contributed by atoms with E-state index in [0.29, 0.717) is 18.3 Å². The molecule has 2 N–H and O–H groups in total. The molecule has 3 rings (SSSR count). The molecule has 2 aromatic heterocycles. The summed E-state index contributed by atoms with van der Waals surface area (Å²) in [5.74, 6) is 0.663. The Hall–Kier alpha value is -1.34. The predicted molar refractivity (Wildman–Crippen MR) is 101 cm³/mol. The molecule has 0 bridgehead atoms. The van der Waals surface area contributed by atoms with Crippen molar-refractivity contribution in [3.8, 4) is 5.75 Å². The number of nitrogens with two attached hydrogens (primary N) is 1. The molecule has 0 aliphatic carbocycles. The van der Waals surface area contributed by atoms with E-state index in [1.807, 2.05) is 6.07 Å². The molecular formula is C16H24Cl2N4O2. The van der Waals surface area contributed by atoms with E-state index in [4.69, 9.17) is 10.5 Å². The van der Waals surface area contributed by atoms with E-state index in [0.717, 1.165) is 43.5 Å². The van der Waals surface area contributed by atoms with Crippen molar-refractivity contribution in [2.24, 2.45) is 5.73 Å². The predicted octanol–water partition coefficient (Wildman–Crippen LogP) is 1.67. The summed E-state index contributed by atoms with van der Waals surface area (Å²) in [4.78, 5) is 18.9. The van der Waals surface area contributed by atoms with Gasteiger partial charge in [-0.15, -0.1) is 24.8 Å². The van der Waals surface area contributed by atoms with Crippen molar-refractivity contribution in [1.82, 2.24) is 14.5 Å². The fourth-order valence-corrected chi connectivity index (χ4v) is 2.91. The third-order valence-corrected chi connectivity index (χ3v) is 4.32.